The fourth-order valence-corrected chi connectivity index (χ4v) is 2.85. The van der Waals surface area contributed by atoms with Gasteiger partial charge in [0.1, 0.15) is 0 Å². The fourth-order valence-electron chi connectivity index (χ4n) is 1.16. The van der Waals surface area contributed by atoms with Crippen LogP contribution in [0.3, 0.4) is 0 Å². The molecular formula is C10H22O4Si. The third kappa shape index (κ3) is 5.32. The second-order valence-corrected chi connectivity index (χ2v) is 6.24. The second kappa shape index (κ2) is 7.87. The molecule has 0 aliphatic rings. The summed E-state index contributed by atoms with van der Waals surface area (Å²) in [5.41, 5.74) is 0. The molecule has 0 spiro atoms. The normalized spacial score (nSPS) is 13.0. The maximum Gasteiger partial charge on any atom is 0.500 e. The summed E-state index contributed by atoms with van der Waals surface area (Å²) < 4.78 is 21.3. The van der Waals surface area contributed by atoms with Crippen LogP contribution >= 0.6 is 0 Å². The van der Waals surface area contributed by atoms with E-state index in [1.165, 1.54) is 0 Å². The first-order chi connectivity index (χ1) is 7.14. The van der Waals surface area contributed by atoms with Crippen molar-refractivity contribution in [1.82, 2.24) is 0 Å². The lowest BCUT2D eigenvalue weighted by Gasteiger charge is -2.24. The Morgan fingerprint density at radius 1 is 1.13 bits per heavy atom. The van der Waals surface area contributed by atoms with Gasteiger partial charge in [-0.25, -0.2) is 0 Å². The highest BCUT2D eigenvalue weighted by Gasteiger charge is 2.36. The number of rotatable bonds is 8. The maximum absolute atomic E-state index is 5.44. The van der Waals surface area contributed by atoms with Gasteiger partial charge in [0.05, 0.1) is 12.4 Å². The van der Waals surface area contributed by atoms with Crippen molar-refractivity contribution in [3.05, 3.63) is 11.8 Å². The summed E-state index contributed by atoms with van der Waals surface area (Å²) in [6.45, 7) is 4.56. The zero-order chi connectivity index (χ0) is 11.7. The van der Waals surface area contributed by atoms with E-state index in [0.29, 0.717) is 6.61 Å². The summed E-state index contributed by atoms with van der Waals surface area (Å²) in [5, 5.41) is 0. The van der Waals surface area contributed by atoms with E-state index in [4.69, 9.17) is 18.0 Å². The predicted molar refractivity (Wildman–Crippen MR) is 61.6 cm³/mol. The van der Waals surface area contributed by atoms with E-state index in [9.17, 15) is 0 Å². The highest BCUT2D eigenvalue weighted by molar-refractivity contribution is 6.60. The molecule has 0 amide bonds. The van der Waals surface area contributed by atoms with E-state index in [1.807, 2.05) is 19.9 Å². The molecule has 0 saturated heterocycles. The molecule has 0 atom stereocenters. The second-order valence-electron chi connectivity index (χ2n) is 3.15. The Morgan fingerprint density at radius 3 is 2.07 bits per heavy atom. The van der Waals surface area contributed by atoms with Gasteiger partial charge in [0, 0.05) is 27.4 Å². The van der Waals surface area contributed by atoms with Gasteiger partial charge in [-0.05, 0) is 20.3 Å². The van der Waals surface area contributed by atoms with E-state index in [-0.39, 0.29) is 0 Å². The Bertz CT molecular complexity index is 182. The minimum Gasteiger partial charge on any atom is -0.499 e. The summed E-state index contributed by atoms with van der Waals surface area (Å²) >= 11 is 0. The molecule has 90 valence electrons. The molecule has 0 saturated carbocycles. The Morgan fingerprint density at radius 2 is 1.67 bits per heavy atom. The van der Waals surface area contributed by atoms with Gasteiger partial charge in [-0.1, -0.05) is 6.08 Å². The van der Waals surface area contributed by atoms with Gasteiger partial charge in [-0.2, -0.15) is 0 Å². The highest BCUT2D eigenvalue weighted by Crippen LogP contribution is 2.15. The average Bonchev–Trinajstić information content (AvgIpc) is 2.30. The van der Waals surface area contributed by atoms with E-state index < -0.39 is 8.80 Å². The summed E-state index contributed by atoms with van der Waals surface area (Å²) in [4.78, 5) is 0. The molecule has 0 bridgehead atoms. The van der Waals surface area contributed by atoms with Crippen molar-refractivity contribution in [2.75, 3.05) is 27.9 Å². The summed E-state index contributed by atoms with van der Waals surface area (Å²) in [5.74, 6) is 0.939. The molecule has 0 N–H and O–H groups in total. The number of hydrogen-bond donors (Lipinski definition) is 0. The van der Waals surface area contributed by atoms with E-state index in [0.717, 1.165) is 18.2 Å². The van der Waals surface area contributed by atoms with Crippen molar-refractivity contribution < 1.29 is 18.0 Å². The topological polar surface area (TPSA) is 36.9 Å². The van der Waals surface area contributed by atoms with Crippen LogP contribution in [0.1, 0.15) is 20.3 Å². The molecule has 0 aromatic rings. The average molecular weight is 234 g/mol. The third-order valence-electron chi connectivity index (χ3n) is 2.30. The van der Waals surface area contributed by atoms with Gasteiger partial charge in [0.25, 0.3) is 0 Å². The molecular weight excluding hydrogens is 212 g/mol. The number of hydrogen-bond acceptors (Lipinski definition) is 4. The smallest absolute Gasteiger partial charge is 0.499 e. The number of ether oxygens (including phenoxy) is 1. The lowest BCUT2D eigenvalue weighted by atomic mass is 10.5. The SMILES string of the molecule is C/C=C(/C)OCCC[Si](OC)(OC)OC. The predicted octanol–water partition coefficient (Wildman–Crippen LogP) is 2.19. The molecule has 4 nitrogen and oxygen atoms in total. The van der Waals surface area contributed by atoms with Crippen LogP contribution in [-0.2, 0) is 18.0 Å². The molecule has 0 aliphatic heterocycles. The lowest BCUT2D eigenvalue weighted by molar-refractivity contribution is 0.118. The van der Waals surface area contributed by atoms with Crippen molar-refractivity contribution in [3.63, 3.8) is 0 Å². The monoisotopic (exact) mass is 234 g/mol. The quantitative estimate of drug-likeness (QED) is 0.366. The van der Waals surface area contributed by atoms with Crippen LogP contribution in [0.2, 0.25) is 6.04 Å². The summed E-state index contributed by atoms with van der Waals surface area (Å²) in [7, 11) is 2.47. The van der Waals surface area contributed by atoms with E-state index in [2.05, 4.69) is 0 Å². The maximum atomic E-state index is 5.44. The molecule has 0 fully saturated rings. The molecule has 5 heteroatoms. The van der Waals surface area contributed by atoms with Crippen molar-refractivity contribution >= 4 is 8.80 Å². The van der Waals surface area contributed by atoms with Gasteiger partial charge < -0.3 is 18.0 Å². The molecule has 0 heterocycles. The molecule has 15 heavy (non-hydrogen) atoms. The first kappa shape index (κ1) is 14.6. The molecule has 0 radical (unpaired) electrons. The minimum atomic E-state index is -2.40. The Kier molecular flexibility index (Phi) is 7.68. The van der Waals surface area contributed by atoms with Gasteiger partial charge >= 0.3 is 8.80 Å². The van der Waals surface area contributed by atoms with Gasteiger partial charge in [0.15, 0.2) is 0 Å². The molecule has 0 aromatic carbocycles. The molecule has 0 rings (SSSR count). The molecule has 0 aliphatic carbocycles. The Hall–Kier alpha value is -0.363. The highest BCUT2D eigenvalue weighted by atomic mass is 28.4. The molecule has 0 aromatic heterocycles. The van der Waals surface area contributed by atoms with Crippen LogP contribution < -0.4 is 0 Å². The fraction of sp³-hybridized carbons (Fsp3) is 0.800. The van der Waals surface area contributed by atoms with Crippen LogP contribution in [0.15, 0.2) is 11.8 Å². The van der Waals surface area contributed by atoms with Crippen molar-refractivity contribution in [2.24, 2.45) is 0 Å². The van der Waals surface area contributed by atoms with Gasteiger partial charge in [-0.3, -0.25) is 0 Å². The Labute approximate surface area is 93.5 Å². The van der Waals surface area contributed by atoms with Crippen LogP contribution in [0.25, 0.3) is 0 Å². The first-order valence-electron chi connectivity index (χ1n) is 5.05. The molecule has 0 unspecified atom stereocenters. The first-order valence-corrected chi connectivity index (χ1v) is 6.98. The van der Waals surface area contributed by atoms with Crippen LogP contribution in [0.5, 0.6) is 0 Å². The van der Waals surface area contributed by atoms with Crippen LogP contribution in [-0.4, -0.2) is 36.7 Å². The zero-order valence-electron chi connectivity index (χ0n) is 10.3. The van der Waals surface area contributed by atoms with Crippen LogP contribution in [0, 0.1) is 0 Å². The van der Waals surface area contributed by atoms with Crippen LogP contribution in [0.4, 0.5) is 0 Å². The standard InChI is InChI=1S/C10H22O4Si/c1-6-10(2)14-8-7-9-15(11-3,12-4)13-5/h6H,7-9H2,1-5H3/b10-6-. The van der Waals surface area contributed by atoms with Crippen molar-refractivity contribution in [2.45, 2.75) is 26.3 Å². The van der Waals surface area contributed by atoms with Crippen molar-refractivity contribution in [1.29, 1.82) is 0 Å². The van der Waals surface area contributed by atoms with E-state index in [1.54, 1.807) is 21.3 Å². The Balaban J connectivity index is 3.81. The van der Waals surface area contributed by atoms with Gasteiger partial charge in [0.2, 0.25) is 0 Å². The number of allylic oxidation sites excluding steroid dienone is 2. The summed E-state index contributed by atoms with van der Waals surface area (Å²) in [6.07, 6.45) is 2.81. The largest absolute Gasteiger partial charge is 0.500 e. The van der Waals surface area contributed by atoms with E-state index >= 15 is 0 Å². The van der Waals surface area contributed by atoms with Gasteiger partial charge in [-0.15, -0.1) is 0 Å². The third-order valence-corrected chi connectivity index (χ3v) is 5.13. The lowest BCUT2D eigenvalue weighted by Crippen LogP contribution is -2.42. The van der Waals surface area contributed by atoms with Crippen molar-refractivity contribution in [3.8, 4) is 0 Å². The zero-order valence-corrected chi connectivity index (χ0v) is 11.3. The minimum absolute atomic E-state index is 0.668. The summed E-state index contributed by atoms with van der Waals surface area (Å²) in [6, 6.07) is 0.771.